The molecule has 1 heterocycles. The van der Waals surface area contributed by atoms with E-state index < -0.39 is 29.7 Å². The molecule has 5 nitrogen and oxygen atoms in total. The Kier molecular flexibility index (Phi) is 5.82. The number of hydrogen-bond donors (Lipinski definition) is 2. The number of carbonyl (C=O) groups is 2. The molecule has 2 rings (SSSR count). The third-order valence-corrected chi connectivity index (χ3v) is 3.97. The number of aliphatic carboxylic acids is 1. The number of amides is 1. The van der Waals surface area contributed by atoms with Crippen LogP contribution in [0.5, 0.6) is 0 Å². The van der Waals surface area contributed by atoms with Crippen molar-refractivity contribution in [3.63, 3.8) is 0 Å². The molecule has 1 aromatic carbocycles. The van der Waals surface area contributed by atoms with Crippen molar-refractivity contribution in [2.24, 2.45) is 5.92 Å². The Bertz CT molecular complexity index is 580. The van der Waals surface area contributed by atoms with Gasteiger partial charge in [0.1, 0.15) is 6.04 Å². The van der Waals surface area contributed by atoms with Crippen molar-refractivity contribution in [3.8, 4) is 0 Å². The Hall–Kier alpha value is -2.09. The highest BCUT2D eigenvalue weighted by molar-refractivity contribution is 5.85. The zero-order valence-corrected chi connectivity index (χ0v) is 12.8. The van der Waals surface area contributed by atoms with E-state index in [9.17, 15) is 27.9 Å². The van der Waals surface area contributed by atoms with Crippen molar-refractivity contribution >= 4 is 11.9 Å². The van der Waals surface area contributed by atoms with E-state index in [1.165, 1.54) is 12.1 Å². The maximum Gasteiger partial charge on any atom is 0.416 e. The Morgan fingerprint density at radius 1 is 1.21 bits per heavy atom. The van der Waals surface area contributed by atoms with E-state index in [4.69, 9.17) is 4.74 Å². The first-order chi connectivity index (χ1) is 11.3. The monoisotopic (exact) mass is 345 g/mol. The quantitative estimate of drug-likeness (QED) is 0.858. The Morgan fingerprint density at radius 3 is 2.29 bits per heavy atom. The van der Waals surface area contributed by atoms with Crippen LogP contribution in [0, 0.1) is 5.92 Å². The van der Waals surface area contributed by atoms with Gasteiger partial charge in [0.25, 0.3) is 0 Å². The van der Waals surface area contributed by atoms with Gasteiger partial charge in [-0.15, -0.1) is 0 Å². The summed E-state index contributed by atoms with van der Waals surface area (Å²) in [7, 11) is 0. The molecule has 24 heavy (non-hydrogen) atoms. The molecule has 132 valence electrons. The van der Waals surface area contributed by atoms with Crippen molar-refractivity contribution in [1.82, 2.24) is 5.32 Å². The third-order valence-electron chi connectivity index (χ3n) is 3.97. The molecular weight excluding hydrogens is 327 g/mol. The molecular formula is C16H18F3NO4. The fourth-order valence-corrected chi connectivity index (χ4v) is 2.65. The van der Waals surface area contributed by atoms with Gasteiger partial charge in [-0.05, 0) is 36.5 Å². The van der Waals surface area contributed by atoms with Crippen LogP contribution in [0.3, 0.4) is 0 Å². The number of ether oxygens (including phenoxy) is 1. The summed E-state index contributed by atoms with van der Waals surface area (Å²) in [6.07, 6.45) is -3.53. The number of nitrogens with one attached hydrogen (secondary N) is 1. The fraction of sp³-hybridized carbons (Fsp3) is 0.500. The minimum Gasteiger partial charge on any atom is -0.480 e. The number of hydrogen-bond acceptors (Lipinski definition) is 3. The first kappa shape index (κ1) is 18.3. The van der Waals surface area contributed by atoms with Crippen LogP contribution in [-0.4, -0.2) is 36.2 Å². The minimum absolute atomic E-state index is 0.175. The summed E-state index contributed by atoms with van der Waals surface area (Å²) in [6, 6.07) is 3.21. The molecule has 1 unspecified atom stereocenters. The van der Waals surface area contributed by atoms with E-state index in [1.807, 2.05) is 0 Å². The normalized spacial score (nSPS) is 17.3. The highest BCUT2D eigenvalue weighted by Crippen LogP contribution is 2.29. The second-order valence-corrected chi connectivity index (χ2v) is 5.70. The molecule has 0 spiro atoms. The number of halogens is 3. The molecule has 8 heteroatoms. The Morgan fingerprint density at radius 2 is 1.79 bits per heavy atom. The summed E-state index contributed by atoms with van der Waals surface area (Å²) < 4.78 is 42.7. The molecule has 1 amide bonds. The summed E-state index contributed by atoms with van der Waals surface area (Å²) in [5.74, 6) is -1.87. The number of rotatable bonds is 5. The smallest absolute Gasteiger partial charge is 0.416 e. The van der Waals surface area contributed by atoms with Crippen LogP contribution in [0.2, 0.25) is 0 Å². The first-order valence-electron chi connectivity index (χ1n) is 7.53. The van der Waals surface area contributed by atoms with E-state index in [0.717, 1.165) is 12.1 Å². The molecule has 1 saturated heterocycles. The van der Waals surface area contributed by atoms with Gasteiger partial charge >= 0.3 is 12.1 Å². The van der Waals surface area contributed by atoms with E-state index in [-0.39, 0.29) is 12.3 Å². The van der Waals surface area contributed by atoms with E-state index in [2.05, 4.69) is 5.32 Å². The summed E-state index contributed by atoms with van der Waals surface area (Å²) in [5.41, 5.74) is -0.408. The van der Waals surface area contributed by atoms with Crippen LogP contribution in [0.4, 0.5) is 13.2 Å². The molecule has 1 fully saturated rings. The van der Waals surface area contributed by atoms with Crippen LogP contribution >= 0.6 is 0 Å². The topological polar surface area (TPSA) is 75.6 Å². The van der Waals surface area contributed by atoms with Gasteiger partial charge in [0.15, 0.2) is 0 Å². The lowest BCUT2D eigenvalue weighted by atomic mass is 9.91. The number of carboxylic acids is 1. The maximum absolute atomic E-state index is 12.5. The SMILES string of the molecule is O=C(Cc1ccc(C(F)(F)F)cc1)NC(C(=O)O)C1CCOCC1. The van der Waals surface area contributed by atoms with Gasteiger partial charge in [-0.1, -0.05) is 12.1 Å². The van der Waals surface area contributed by atoms with Gasteiger partial charge in [0.05, 0.1) is 12.0 Å². The van der Waals surface area contributed by atoms with Gasteiger partial charge in [-0.25, -0.2) is 4.79 Å². The van der Waals surface area contributed by atoms with E-state index in [0.29, 0.717) is 31.6 Å². The lowest BCUT2D eigenvalue weighted by molar-refractivity contribution is -0.144. The number of alkyl halides is 3. The molecule has 0 bridgehead atoms. The molecule has 0 aliphatic carbocycles. The largest absolute Gasteiger partial charge is 0.480 e. The minimum atomic E-state index is -4.43. The lowest BCUT2D eigenvalue weighted by Crippen LogP contribution is -2.48. The Balaban J connectivity index is 1.96. The van der Waals surface area contributed by atoms with Crippen molar-refractivity contribution in [1.29, 1.82) is 0 Å². The molecule has 1 aliphatic heterocycles. The van der Waals surface area contributed by atoms with Crippen molar-refractivity contribution in [3.05, 3.63) is 35.4 Å². The van der Waals surface area contributed by atoms with Crippen molar-refractivity contribution in [2.45, 2.75) is 31.5 Å². The molecule has 0 aromatic heterocycles. The summed E-state index contributed by atoms with van der Waals surface area (Å²) in [4.78, 5) is 23.4. The zero-order valence-electron chi connectivity index (χ0n) is 12.8. The Labute approximate surface area is 136 Å². The van der Waals surface area contributed by atoms with Crippen LogP contribution in [-0.2, 0) is 26.9 Å². The van der Waals surface area contributed by atoms with Crippen LogP contribution in [0.15, 0.2) is 24.3 Å². The summed E-state index contributed by atoms with van der Waals surface area (Å²) in [5, 5.41) is 11.7. The molecule has 1 atom stereocenters. The van der Waals surface area contributed by atoms with Gasteiger partial charge in [0, 0.05) is 13.2 Å². The standard InChI is InChI=1S/C16H18F3NO4/c17-16(18,19)12-3-1-10(2-4-12)9-13(21)20-14(15(22)23)11-5-7-24-8-6-11/h1-4,11,14H,5-9H2,(H,20,21)(H,22,23). The van der Waals surface area contributed by atoms with Gasteiger partial charge in [0.2, 0.25) is 5.91 Å². The van der Waals surface area contributed by atoms with Crippen LogP contribution in [0.1, 0.15) is 24.0 Å². The lowest BCUT2D eigenvalue weighted by Gasteiger charge is -2.28. The molecule has 0 saturated carbocycles. The number of carboxylic acid groups (broad SMARTS) is 1. The molecule has 0 radical (unpaired) electrons. The summed E-state index contributed by atoms with van der Waals surface area (Å²) >= 11 is 0. The van der Waals surface area contributed by atoms with Crippen molar-refractivity contribution < 1.29 is 32.6 Å². The van der Waals surface area contributed by atoms with Gasteiger partial charge < -0.3 is 15.2 Å². The molecule has 2 N–H and O–H groups in total. The molecule has 1 aromatic rings. The second-order valence-electron chi connectivity index (χ2n) is 5.70. The average molecular weight is 345 g/mol. The predicted molar refractivity (Wildman–Crippen MR) is 78.3 cm³/mol. The second kappa shape index (κ2) is 7.65. The third kappa shape index (κ3) is 4.95. The summed E-state index contributed by atoms with van der Waals surface area (Å²) in [6.45, 7) is 0.895. The maximum atomic E-state index is 12.5. The molecule has 1 aliphatic rings. The van der Waals surface area contributed by atoms with Gasteiger partial charge in [-0.3, -0.25) is 4.79 Å². The van der Waals surface area contributed by atoms with Gasteiger partial charge in [-0.2, -0.15) is 13.2 Å². The van der Waals surface area contributed by atoms with E-state index >= 15 is 0 Å². The predicted octanol–water partition coefficient (Wildman–Crippen LogP) is 2.24. The highest BCUT2D eigenvalue weighted by Gasteiger charge is 2.32. The number of carbonyl (C=O) groups excluding carboxylic acids is 1. The van der Waals surface area contributed by atoms with Crippen molar-refractivity contribution in [2.75, 3.05) is 13.2 Å². The fourth-order valence-electron chi connectivity index (χ4n) is 2.65. The van der Waals surface area contributed by atoms with E-state index in [1.54, 1.807) is 0 Å². The average Bonchev–Trinajstić information content (AvgIpc) is 2.53. The van der Waals surface area contributed by atoms with Crippen LogP contribution in [0.25, 0.3) is 0 Å². The number of benzene rings is 1. The highest BCUT2D eigenvalue weighted by atomic mass is 19.4. The zero-order chi connectivity index (χ0) is 17.7. The first-order valence-corrected chi connectivity index (χ1v) is 7.53. The van der Waals surface area contributed by atoms with Crippen LogP contribution < -0.4 is 5.32 Å².